The molecule has 1 aromatic carbocycles. The fourth-order valence-electron chi connectivity index (χ4n) is 1.04. The molecule has 0 bridgehead atoms. The van der Waals surface area contributed by atoms with Gasteiger partial charge in [0.15, 0.2) is 5.69 Å². The molecule has 0 amide bonds. The topological polar surface area (TPSA) is 54.5 Å². The van der Waals surface area contributed by atoms with Crippen molar-refractivity contribution >= 4 is 11.6 Å². The molecule has 0 saturated heterocycles. The van der Waals surface area contributed by atoms with Gasteiger partial charge < -0.3 is 0 Å². The van der Waals surface area contributed by atoms with Crippen LogP contribution in [0, 0.1) is 11.3 Å². The molecule has 0 aliphatic heterocycles. The van der Waals surface area contributed by atoms with Crippen LogP contribution in [-0.2, 0) is 0 Å². The first-order valence-corrected chi connectivity index (χ1v) is 4.26. The summed E-state index contributed by atoms with van der Waals surface area (Å²) in [6, 6.07) is 9.07. The minimum absolute atomic E-state index is 0.268. The first-order valence-electron chi connectivity index (χ1n) is 3.88. The van der Waals surface area contributed by atoms with E-state index in [-0.39, 0.29) is 5.69 Å². The summed E-state index contributed by atoms with van der Waals surface area (Å²) in [4.78, 5) is 1.33. The van der Waals surface area contributed by atoms with Crippen LogP contribution in [0.1, 0.15) is 5.69 Å². The van der Waals surface area contributed by atoms with Gasteiger partial charge in [0.05, 0.1) is 11.2 Å². The van der Waals surface area contributed by atoms with E-state index in [4.69, 9.17) is 16.9 Å². The summed E-state index contributed by atoms with van der Waals surface area (Å²) in [6.45, 7) is 0. The Morgan fingerprint density at radius 1 is 1.36 bits per heavy atom. The third-order valence-electron chi connectivity index (χ3n) is 1.67. The summed E-state index contributed by atoms with van der Waals surface area (Å²) in [5, 5.41) is 17.0. The zero-order valence-corrected chi connectivity index (χ0v) is 7.81. The van der Waals surface area contributed by atoms with Crippen LogP contribution in [0.5, 0.6) is 0 Å². The van der Waals surface area contributed by atoms with Gasteiger partial charge in [0.1, 0.15) is 11.8 Å². The maximum atomic E-state index is 8.57. The van der Waals surface area contributed by atoms with Crippen molar-refractivity contribution in [3.05, 3.63) is 41.2 Å². The smallest absolute Gasteiger partial charge is 0.183 e. The second-order valence-corrected chi connectivity index (χ2v) is 2.99. The maximum Gasteiger partial charge on any atom is 0.183 e. The molecular weight excluding hydrogens is 200 g/mol. The molecule has 0 fully saturated rings. The van der Waals surface area contributed by atoms with Gasteiger partial charge in [-0.3, -0.25) is 0 Å². The van der Waals surface area contributed by atoms with Crippen LogP contribution in [0.3, 0.4) is 0 Å². The molecule has 2 aromatic rings. The highest BCUT2D eigenvalue weighted by Crippen LogP contribution is 2.17. The van der Waals surface area contributed by atoms with E-state index < -0.39 is 0 Å². The highest BCUT2D eigenvalue weighted by Gasteiger charge is 2.04. The van der Waals surface area contributed by atoms with Crippen LogP contribution in [-0.4, -0.2) is 15.0 Å². The largest absolute Gasteiger partial charge is 0.191 e. The van der Waals surface area contributed by atoms with Crippen molar-refractivity contribution in [3.63, 3.8) is 0 Å². The quantitative estimate of drug-likeness (QED) is 0.712. The number of hydrogen-bond donors (Lipinski definition) is 0. The van der Waals surface area contributed by atoms with Crippen molar-refractivity contribution in [2.24, 2.45) is 0 Å². The maximum absolute atomic E-state index is 8.57. The number of nitrogens with zero attached hydrogens (tertiary/aromatic N) is 4. The highest BCUT2D eigenvalue weighted by atomic mass is 35.5. The van der Waals surface area contributed by atoms with E-state index in [2.05, 4.69) is 10.2 Å². The van der Waals surface area contributed by atoms with E-state index in [1.54, 1.807) is 12.1 Å². The zero-order valence-electron chi connectivity index (χ0n) is 7.05. The summed E-state index contributed by atoms with van der Waals surface area (Å²) in [5.41, 5.74) is 0.931. The monoisotopic (exact) mass is 204 g/mol. The highest BCUT2D eigenvalue weighted by molar-refractivity contribution is 6.32. The SMILES string of the molecule is N#Cc1cnn(-c2ccccc2Cl)n1. The molecule has 0 spiro atoms. The van der Waals surface area contributed by atoms with Crippen LogP contribution in [0.25, 0.3) is 5.69 Å². The first-order chi connectivity index (χ1) is 6.81. The molecule has 0 radical (unpaired) electrons. The molecule has 2 rings (SSSR count). The van der Waals surface area contributed by atoms with Crippen LogP contribution >= 0.6 is 11.6 Å². The van der Waals surface area contributed by atoms with Gasteiger partial charge >= 0.3 is 0 Å². The van der Waals surface area contributed by atoms with Crippen LogP contribution < -0.4 is 0 Å². The third-order valence-corrected chi connectivity index (χ3v) is 1.99. The molecule has 1 heterocycles. The number of nitriles is 1. The van der Waals surface area contributed by atoms with Gasteiger partial charge in [-0.05, 0) is 12.1 Å². The minimum Gasteiger partial charge on any atom is -0.191 e. The van der Waals surface area contributed by atoms with Gasteiger partial charge in [-0.15, -0.1) is 9.90 Å². The van der Waals surface area contributed by atoms with Crippen molar-refractivity contribution in [1.82, 2.24) is 15.0 Å². The first kappa shape index (κ1) is 8.73. The van der Waals surface area contributed by atoms with Gasteiger partial charge in [-0.1, -0.05) is 23.7 Å². The lowest BCUT2D eigenvalue weighted by Gasteiger charge is -2.00. The van der Waals surface area contributed by atoms with E-state index in [0.717, 1.165) is 0 Å². The van der Waals surface area contributed by atoms with E-state index in [1.807, 2.05) is 18.2 Å². The average molecular weight is 205 g/mol. The average Bonchev–Trinajstić information content (AvgIpc) is 2.67. The number of benzene rings is 1. The molecule has 4 nitrogen and oxygen atoms in total. The molecule has 0 N–H and O–H groups in total. The van der Waals surface area contributed by atoms with Gasteiger partial charge in [-0.25, -0.2) is 0 Å². The third kappa shape index (κ3) is 1.45. The molecule has 5 heteroatoms. The number of halogens is 1. The standard InChI is InChI=1S/C9H5ClN4/c10-8-3-1-2-4-9(8)14-12-6-7(5-11)13-14/h1-4,6H. The van der Waals surface area contributed by atoms with Gasteiger partial charge in [0.2, 0.25) is 0 Å². The molecule has 0 aliphatic rings. The molecular formula is C9H5ClN4. The Balaban J connectivity index is 2.51. The summed E-state index contributed by atoms with van der Waals surface area (Å²) >= 11 is 5.93. The van der Waals surface area contributed by atoms with Crippen molar-refractivity contribution < 1.29 is 0 Å². The van der Waals surface area contributed by atoms with Crippen LogP contribution in [0.15, 0.2) is 30.5 Å². The molecule has 1 aromatic heterocycles. The van der Waals surface area contributed by atoms with Gasteiger partial charge in [0, 0.05) is 0 Å². The number of hydrogen-bond acceptors (Lipinski definition) is 3. The van der Waals surface area contributed by atoms with E-state index in [9.17, 15) is 0 Å². The van der Waals surface area contributed by atoms with Crippen LogP contribution in [0.2, 0.25) is 5.02 Å². The lowest BCUT2D eigenvalue weighted by atomic mass is 10.3. The second-order valence-electron chi connectivity index (χ2n) is 2.58. The molecule has 0 saturated carbocycles. The summed E-state index contributed by atoms with van der Waals surface area (Å²) < 4.78 is 0. The Labute approximate surface area is 85.3 Å². The normalized spacial score (nSPS) is 9.71. The van der Waals surface area contributed by atoms with Gasteiger partial charge in [-0.2, -0.15) is 10.4 Å². The molecule has 0 unspecified atom stereocenters. The van der Waals surface area contributed by atoms with Crippen molar-refractivity contribution in [1.29, 1.82) is 5.26 Å². The van der Waals surface area contributed by atoms with Crippen molar-refractivity contribution in [3.8, 4) is 11.8 Å². The molecule has 68 valence electrons. The Bertz CT molecular complexity index is 498. The Morgan fingerprint density at radius 3 is 2.79 bits per heavy atom. The molecule has 14 heavy (non-hydrogen) atoms. The van der Waals surface area contributed by atoms with Crippen molar-refractivity contribution in [2.45, 2.75) is 0 Å². The summed E-state index contributed by atoms with van der Waals surface area (Å²) in [6.07, 6.45) is 1.39. The molecule has 0 aliphatic carbocycles. The number of rotatable bonds is 1. The zero-order chi connectivity index (χ0) is 9.97. The van der Waals surface area contributed by atoms with E-state index >= 15 is 0 Å². The predicted octanol–water partition coefficient (Wildman–Crippen LogP) is 1.79. The predicted molar refractivity (Wildman–Crippen MR) is 51.1 cm³/mol. The van der Waals surface area contributed by atoms with Crippen LogP contribution in [0.4, 0.5) is 0 Å². The van der Waals surface area contributed by atoms with Crippen molar-refractivity contribution in [2.75, 3.05) is 0 Å². The lowest BCUT2D eigenvalue weighted by molar-refractivity contribution is 0.749. The van der Waals surface area contributed by atoms with E-state index in [0.29, 0.717) is 10.7 Å². The fraction of sp³-hybridized carbons (Fsp3) is 0. The Morgan fingerprint density at radius 2 is 2.14 bits per heavy atom. The minimum atomic E-state index is 0.268. The number of para-hydroxylation sites is 1. The number of aromatic nitrogens is 3. The second kappa shape index (κ2) is 3.48. The fourth-order valence-corrected chi connectivity index (χ4v) is 1.26. The summed E-state index contributed by atoms with van der Waals surface area (Å²) in [5.74, 6) is 0. The Hall–Kier alpha value is -1.86. The Kier molecular flexibility index (Phi) is 2.17. The summed E-state index contributed by atoms with van der Waals surface area (Å²) in [7, 11) is 0. The van der Waals surface area contributed by atoms with Gasteiger partial charge in [0.25, 0.3) is 0 Å². The van der Waals surface area contributed by atoms with E-state index in [1.165, 1.54) is 11.0 Å². The lowest BCUT2D eigenvalue weighted by Crippen LogP contribution is -1.99. The molecule has 0 atom stereocenters.